The highest BCUT2D eigenvalue weighted by Gasteiger charge is 2.41. The molecule has 4 atom stereocenters. The maximum Gasteiger partial charge on any atom is 0.239 e. The maximum atomic E-state index is 5.92. The minimum Gasteiger partial charge on any atom is -0.476 e. The van der Waals surface area contributed by atoms with Gasteiger partial charge in [-0.15, -0.1) is 0 Å². The van der Waals surface area contributed by atoms with Gasteiger partial charge < -0.3 is 15.8 Å². The number of rotatable bonds is 6. The molecule has 0 radical (unpaired) electrons. The second kappa shape index (κ2) is 6.12. The standard InChI is InChI=1S/C17H27N3O/c1-3-8-21-17-15(18)6-7-16(20-17)19-11(2)14-10-12-4-5-13(14)9-12/h6-7,11-14H,3-5,8-10,18H2,1-2H3,(H,19,20). The molecule has 21 heavy (non-hydrogen) atoms. The summed E-state index contributed by atoms with van der Waals surface area (Å²) in [5.74, 6) is 4.13. The van der Waals surface area contributed by atoms with Gasteiger partial charge in [0.2, 0.25) is 5.88 Å². The van der Waals surface area contributed by atoms with Crippen LogP contribution in [-0.2, 0) is 0 Å². The molecule has 4 heteroatoms. The van der Waals surface area contributed by atoms with Crippen LogP contribution in [0.1, 0.15) is 46.0 Å². The van der Waals surface area contributed by atoms with Gasteiger partial charge >= 0.3 is 0 Å². The normalized spacial score (nSPS) is 28.6. The van der Waals surface area contributed by atoms with E-state index in [2.05, 4.69) is 24.1 Å². The minimum atomic E-state index is 0.468. The molecule has 2 aliphatic rings. The summed E-state index contributed by atoms with van der Waals surface area (Å²) in [6, 6.07) is 4.31. The van der Waals surface area contributed by atoms with Crippen molar-refractivity contribution in [2.75, 3.05) is 17.7 Å². The molecule has 0 saturated heterocycles. The number of aromatic nitrogens is 1. The quantitative estimate of drug-likeness (QED) is 0.838. The van der Waals surface area contributed by atoms with Gasteiger partial charge in [0, 0.05) is 6.04 Å². The number of hydrogen-bond acceptors (Lipinski definition) is 4. The molecule has 2 bridgehead atoms. The maximum absolute atomic E-state index is 5.92. The molecule has 3 N–H and O–H groups in total. The van der Waals surface area contributed by atoms with Crippen molar-refractivity contribution in [3.63, 3.8) is 0 Å². The highest BCUT2D eigenvalue weighted by molar-refractivity contribution is 5.53. The van der Waals surface area contributed by atoms with Crippen molar-refractivity contribution in [3.05, 3.63) is 12.1 Å². The number of nitrogens with two attached hydrogens (primary N) is 1. The third kappa shape index (κ3) is 3.09. The molecule has 1 aromatic rings. The van der Waals surface area contributed by atoms with Crippen molar-refractivity contribution in [1.82, 2.24) is 4.98 Å². The van der Waals surface area contributed by atoms with Crippen LogP contribution in [0.2, 0.25) is 0 Å². The highest BCUT2D eigenvalue weighted by Crippen LogP contribution is 2.49. The number of ether oxygens (including phenoxy) is 1. The molecule has 0 amide bonds. The summed E-state index contributed by atoms with van der Waals surface area (Å²) in [6.07, 6.45) is 6.65. The van der Waals surface area contributed by atoms with Crippen molar-refractivity contribution in [1.29, 1.82) is 0 Å². The van der Waals surface area contributed by atoms with Gasteiger partial charge in [0.25, 0.3) is 0 Å². The Morgan fingerprint density at radius 2 is 2.24 bits per heavy atom. The van der Waals surface area contributed by atoms with Gasteiger partial charge in [-0.1, -0.05) is 13.3 Å². The van der Waals surface area contributed by atoms with Gasteiger partial charge in [0.1, 0.15) is 5.82 Å². The van der Waals surface area contributed by atoms with Crippen LogP contribution in [-0.4, -0.2) is 17.6 Å². The Labute approximate surface area is 127 Å². The van der Waals surface area contributed by atoms with Crippen LogP contribution in [0, 0.1) is 17.8 Å². The summed E-state index contributed by atoms with van der Waals surface area (Å²) in [5.41, 5.74) is 6.53. The first kappa shape index (κ1) is 14.5. The Bertz CT molecular complexity index is 491. The monoisotopic (exact) mass is 289 g/mol. The first-order chi connectivity index (χ1) is 10.2. The van der Waals surface area contributed by atoms with Crippen LogP contribution >= 0.6 is 0 Å². The first-order valence-electron chi connectivity index (χ1n) is 8.33. The number of fused-ring (bicyclic) bond motifs is 2. The Morgan fingerprint density at radius 3 is 2.90 bits per heavy atom. The van der Waals surface area contributed by atoms with Gasteiger partial charge in [-0.05, 0) is 62.5 Å². The molecule has 1 heterocycles. The zero-order valence-electron chi connectivity index (χ0n) is 13.1. The van der Waals surface area contributed by atoms with Gasteiger partial charge in [-0.2, -0.15) is 4.98 Å². The second-order valence-electron chi connectivity index (χ2n) is 6.71. The fourth-order valence-electron chi connectivity index (χ4n) is 4.09. The van der Waals surface area contributed by atoms with Gasteiger partial charge in [-0.25, -0.2) is 0 Å². The molecule has 0 aromatic carbocycles. The van der Waals surface area contributed by atoms with Crippen LogP contribution in [0.25, 0.3) is 0 Å². The average molecular weight is 289 g/mol. The number of nitrogen functional groups attached to an aromatic ring is 1. The van der Waals surface area contributed by atoms with Gasteiger partial charge in [0.15, 0.2) is 0 Å². The summed E-state index contributed by atoms with van der Waals surface area (Å²) in [6.45, 7) is 5.02. The molecule has 0 spiro atoms. The molecule has 1 aromatic heterocycles. The fraction of sp³-hybridized carbons (Fsp3) is 0.706. The SMILES string of the molecule is CCCOc1nc(NC(C)C2CC3CCC2C3)ccc1N. The Hall–Kier alpha value is -1.45. The van der Waals surface area contributed by atoms with E-state index in [1.807, 2.05) is 12.1 Å². The van der Waals surface area contributed by atoms with E-state index in [1.165, 1.54) is 25.7 Å². The van der Waals surface area contributed by atoms with Crippen molar-refractivity contribution in [3.8, 4) is 5.88 Å². The Kier molecular flexibility index (Phi) is 4.22. The van der Waals surface area contributed by atoms with Crippen molar-refractivity contribution in [2.24, 2.45) is 17.8 Å². The van der Waals surface area contributed by atoms with Crippen LogP contribution in [0.4, 0.5) is 11.5 Å². The number of nitrogens with one attached hydrogen (secondary N) is 1. The second-order valence-corrected chi connectivity index (χ2v) is 6.71. The third-order valence-electron chi connectivity index (χ3n) is 5.14. The molecule has 0 aliphatic heterocycles. The summed E-state index contributed by atoms with van der Waals surface area (Å²) >= 11 is 0. The van der Waals surface area contributed by atoms with Crippen molar-refractivity contribution < 1.29 is 4.74 Å². The number of hydrogen-bond donors (Lipinski definition) is 2. The summed E-state index contributed by atoms with van der Waals surface area (Å²) in [4.78, 5) is 4.52. The van der Waals surface area contributed by atoms with Crippen LogP contribution in [0.5, 0.6) is 5.88 Å². The predicted molar refractivity (Wildman–Crippen MR) is 86.5 cm³/mol. The highest BCUT2D eigenvalue weighted by atomic mass is 16.5. The zero-order valence-corrected chi connectivity index (χ0v) is 13.1. The van der Waals surface area contributed by atoms with Crippen LogP contribution in [0.15, 0.2) is 12.1 Å². The number of anilines is 2. The summed E-state index contributed by atoms with van der Waals surface area (Å²) in [7, 11) is 0. The Morgan fingerprint density at radius 1 is 1.38 bits per heavy atom. The smallest absolute Gasteiger partial charge is 0.239 e. The van der Waals surface area contributed by atoms with Crippen molar-refractivity contribution >= 4 is 11.5 Å². The van der Waals surface area contributed by atoms with E-state index in [4.69, 9.17) is 10.5 Å². The van der Waals surface area contributed by atoms with E-state index in [-0.39, 0.29) is 0 Å². The van der Waals surface area contributed by atoms with E-state index in [9.17, 15) is 0 Å². The molecule has 4 nitrogen and oxygen atoms in total. The summed E-state index contributed by atoms with van der Waals surface area (Å²) < 4.78 is 5.61. The van der Waals surface area contributed by atoms with E-state index >= 15 is 0 Å². The fourth-order valence-corrected chi connectivity index (χ4v) is 4.09. The van der Waals surface area contributed by atoms with E-state index in [0.717, 1.165) is 30.0 Å². The molecule has 4 unspecified atom stereocenters. The van der Waals surface area contributed by atoms with E-state index in [1.54, 1.807) is 0 Å². The van der Waals surface area contributed by atoms with Gasteiger partial charge in [0.05, 0.1) is 12.3 Å². The molecule has 2 aliphatic carbocycles. The van der Waals surface area contributed by atoms with Gasteiger partial charge in [-0.3, -0.25) is 0 Å². The van der Waals surface area contributed by atoms with Crippen LogP contribution < -0.4 is 15.8 Å². The van der Waals surface area contributed by atoms with Crippen molar-refractivity contribution in [2.45, 2.75) is 52.0 Å². The predicted octanol–water partition coefficient (Wildman–Crippen LogP) is 3.69. The molecule has 2 fully saturated rings. The molecule has 3 rings (SSSR count). The lowest BCUT2D eigenvalue weighted by atomic mass is 9.84. The zero-order chi connectivity index (χ0) is 14.8. The number of nitrogens with zero attached hydrogens (tertiary/aromatic N) is 1. The average Bonchev–Trinajstić information content (AvgIpc) is 3.10. The largest absolute Gasteiger partial charge is 0.476 e. The van der Waals surface area contributed by atoms with E-state index in [0.29, 0.717) is 24.2 Å². The minimum absolute atomic E-state index is 0.468. The van der Waals surface area contributed by atoms with E-state index < -0.39 is 0 Å². The molecule has 116 valence electrons. The third-order valence-corrected chi connectivity index (χ3v) is 5.14. The molecular formula is C17H27N3O. The Balaban J connectivity index is 1.64. The topological polar surface area (TPSA) is 60.2 Å². The lowest BCUT2D eigenvalue weighted by molar-refractivity contribution is 0.301. The number of pyridine rings is 1. The first-order valence-corrected chi connectivity index (χ1v) is 8.33. The lowest BCUT2D eigenvalue weighted by Gasteiger charge is -2.29. The summed E-state index contributed by atoms with van der Waals surface area (Å²) in [5, 5.41) is 3.57. The molecule has 2 saturated carbocycles. The molecular weight excluding hydrogens is 262 g/mol. The lowest BCUT2D eigenvalue weighted by Crippen LogP contribution is -2.30. The van der Waals surface area contributed by atoms with Crippen LogP contribution in [0.3, 0.4) is 0 Å².